The number of halogens is 1. The van der Waals surface area contributed by atoms with Crippen LogP contribution < -0.4 is 20.5 Å². The average molecular weight is 334 g/mol. The van der Waals surface area contributed by atoms with Crippen LogP contribution in [0.2, 0.25) is 5.02 Å². The quantitative estimate of drug-likeness (QED) is 0.626. The van der Waals surface area contributed by atoms with Crippen molar-refractivity contribution >= 4 is 23.2 Å². The van der Waals surface area contributed by atoms with Gasteiger partial charge in [0, 0.05) is 5.02 Å². The van der Waals surface area contributed by atoms with Crippen LogP contribution in [0.5, 0.6) is 11.5 Å². The summed E-state index contributed by atoms with van der Waals surface area (Å²) in [6.07, 6.45) is -0.133. The number of methoxy groups -OCH3 is 1. The number of nitrogens with one attached hydrogen (secondary N) is 1. The summed E-state index contributed by atoms with van der Waals surface area (Å²) in [5.41, 5.74) is 6.67. The minimum Gasteiger partial charge on any atom is -0.495 e. The van der Waals surface area contributed by atoms with Crippen molar-refractivity contribution in [3.8, 4) is 11.5 Å². The lowest BCUT2D eigenvalue weighted by atomic mass is 10.3. The smallest absolute Gasteiger partial charge is 0.193 e. The molecule has 0 spiro atoms. The predicted octanol–water partition coefficient (Wildman–Crippen LogP) is 3.54. The van der Waals surface area contributed by atoms with E-state index in [4.69, 9.17) is 26.8 Å². The highest BCUT2D eigenvalue weighted by Crippen LogP contribution is 2.22. The van der Waals surface area contributed by atoms with Gasteiger partial charge in [-0.05, 0) is 37.3 Å². The summed E-state index contributed by atoms with van der Waals surface area (Å²) in [6, 6.07) is 14.7. The Bertz CT molecular complexity index is 676. The molecule has 1 atom stereocenters. The normalized spacial score (nSPS) is 12.6. The highest BCUT2D eigenvalue weighted by atomic mass is 35.5. The molecule has 2 aromatic carbocycles. The van der Waals surface area contributed by atoms with Gasteiger partial charge in [-0.15, -0.1) is 0 Å². The molecule has 2 aromatic rings. The van der Waals surface area contributed by atoms with Crippen molar-refractivity contribution in [2.45, 2.75) is 13.0 Å². The summed E-state index contributed by atoms with van der Waals surface area (Å²) in [7, 11) is 1.61. The number of nitrogens with zero attached hydrogens (tertiary/aromatic N) is 1. The zero-order valence-corrected chi connectivity index (χ0v) is 13.9. The molecule has 122 valence electrons. The maximum absolute atomic E-state index is 5.93. The number of anilines is 1. The summed E-state index contributed by atoms with van der Waals surface area (Å²) >= 11 is 5.93. The van der Waals surface area contributed by atoms with E-state index in [0.717, 1.165) is 5.69 Å². The molecule has 0 aliphatic heterocycles. The average Bonchev–Trinajstić information content (AvgIpc) is 2.53. The molecule has 3 N–H and O–H groups in total. The zero-order chi connectivity index (χ0) is 16.7. The Morgan fingerprint density at radius 1 is 1.26 bits per heavy atom. The lowest BCUT2D eigenvalue weighted by Gasteiger charge is -2.14. The number of hydrogen-bond donors (Lipinski definition) is 2. The first-order chi connectivity index (χ1) is 11.1. The molecule has 0 heterocycles. The number of nitrogens with two attached hydrogens (primary N) is 1. The number of ether oxygens (including phenoxy) is 2. The van der Waals surface area contributed by atoms with Gasteiger partial charge in [0.05, 0.1) is 19.3 Å². The van der Waals surface area contributed by atoms with Crippen LogP contribution in [-0.4, -0.2) is 25.7 Å². The molecule has 0 bridgehead atoms. The monoisotopic (exact) mass is 333 g/mol. The third kappa shape index (κ3) is 5.38. The first-order valence-electron chi connectivity index (χ1n) is 7.20. The molecule has 6 heteroatoms. The molecule has 0 saturated carbocycles. The third-order valence-electron chi connectivity index (χ3n) is 3.02. The van der Waals surface area contributed by atoms with Crippen molar-refractivity contribution in [3.05, 3.63) is 53.6 Å². The molecule has 23 heavy (non-hydrogen) atoms. The number of rotatable bonds is 6. The van der Waals surface area contributed by atoms with E-state index < -0.39 is 0 Å². The van der Waals surface area contributed by atoms with Gasteiger partial charge in [0.2, 0.25) is 0 Å². The molecule has 0 aliphatic rings. The molecule has 2 rings (SSSR count). The fraction of sp³-hybridized carbons (Fsp3) is 0.235. The first kappa shape index (κ1) is 17.0. The highest BCUT2D eigenvalue weighted by Gasteiger charge is 2.06. The Morgan fingerprint density at radius 2 is 2.04 bits per heavy atom. The van der Waals surface area contributed by atoms with Gasteiger partial charge in [-0.2, -0.15) is 0 Å². The molecular weight excluding hydrogens is 314 g/mol. The molecular formula is C17H20ClN3O2. The van der Waals surface area contributed by atoms with Crippen LogP contribution in [-0.2, 0) is 0 Å². The minimum absolute atomic E-state index is 0.133. The van der Waals surface area contributed by atoms with E-state index in [1.165, 1.54) is 0 Å². The van der Waals surface area contributed by atoms with Gasteiger partial charge in [0.1, 0.15) is 17.6 Å². The molecule has 0 fully saturated rings. The second-order valence-electron chi connectivity index (χ2n) is 4.94. The number of para-hydroxylation sites is 2. The Morgan fingerprint density at radius 3 is 2.78 bits per heavy atom. The van der Waals surface area contributed by atoms with Gasteiger partial charge in [-0.25, -0.2) is 4.99 Å². The van der Waals surface area contributed by atoms with Crippen molar-refractivity contribution in [2.75, 3.05) is 19.0 Å². The van der Waals surface area contributed by atoms with Crippen molar-refractivity contribution < 1.29 is 9.47 Å². The molecule has 0 aromatic heterocycles. The lowest BCUT2D eigenvalue weighted by molar-refractivity contribution is 0.230. The second kappa shape index (κ2) is 8.29. The van der Waals surface area contributed by atoms with Gasteiger partial charge in [0.15, 0.2) is 5.96 Å². The van der Waals surface area contributed by atoms with E-state index in [1.54, 1.807) is 19.2 Å². The van der Waals surface area contributed by atoms with Crippen molar-refractivity contribution in [1.82, 2.24) is 0 Å². The molecule has 0 radical (unpaired) electrons. The zero-order valence-electron chi connectivity index (χ0n) is 13.1. The summed E-state index contributed by atoms with van der Waals surface area (Å²) < 4.78 is 11.0. The molecule has 0 saturated heterocycles. The third-order valence-corrected chi connectivity index (χ3v) is 3.26. The van der Waals surface area contributed by atoms with Gasteiger partial charge in [-0.1, -0.05) is 29.8 Å². The number of benzene rings is 2. The molecule has 1 unspecified atom stereocenters. The van der Waals surface area contributed by atoms with Gasteiger partial charge in [-0.3, -0.25) is 0 Å². The lowest BCUT2D eigenvalue weighted by Crippen LogP contribution is -2.26. The number of guanidine groups is 1. The van der Waals surface area contributed by atoms with E-state index in [-0.39, 0.29) is 6.10 Å². The van der Waals surface area contributed by atoms with Gasteiger partial charge in [0.25, 0.3) is 0 Å². The number of aliphatic imine (C=N–C) groups is 1. The molecule has 0 amide bonds. The van der Waals surface area contributed by atoms with Crippen molar-refractivity contribution in [3.63, 3.8) is 0 Å². The predicted molar refractivity (Wildman–Crippen MR) is 94.6 cm³/mol. The van der Waals surface area contributed by atoms with Crippen LogP contribution in [0.4, 0.5) is 5.69 Å². The summed E-state index contributed by atoms with van der Waals surface area (Å²) in [4.78, 5) is 4.28. The van der Waals surface area contributed by atoms with E-state index >= 15 is 0 Å². The molecule has 0 aliphatic carbocycles. The van der Waals surface area contributed by atoms with E-state index in [1.807, 2.05) is 43.3 Å². The Kier molecular flexibility index (Phi) is 6.11. The second-order valence-corrected chi connectivity index (χ2v) is 5.37. The van der Waals surface area contributed by atoms with Crippen LogP contribution in [0.15, 0.2) is 53.5 Å². The van der Waals surface area contributed by atoms with E-state index in [2.05, 4.69) is 10.3 Å². The van der Waals surface area contributed by atoms with Crippen molar-refractivity contribution in [1.29, 1.82) is 0 Å². The summed E-state index contributed by atoms with van der Waals surface area (Å²) in [6.45, 7) is 2.33. The summed E-state index contributed by atoms with van der Waals surface area (Å²) in [5.74, 6) is 1.71. The fourth-order valence-electron chi connectivity index (χ4n) is 1.96. The first-order valence-corrected chi connectivity index (χ1v) is 7.58. The van der Waals surface area contributed by atoms with Gasteiger partial charge >= 0.3 is 0 Å². The van der Waals surface area contributed by atoms with Crippen LogP contribution in [0.3, 0.4) is 0 Å². The Labute approximate surface area is 141 Å². The number of hydrogen-bond acceptors (Lipinski definition) is 3. The summed E-state index contributed by atoms with van der Waals surface area (Å²) in [5, 5.41) is 3.65. The van der Waals surface area contributed by atoms with Crippen LogP contribution >= 0.6 is 11.6 Å². The maximum atomic E-state index is 5.93. The van der Waals surface area contributed by atoms with Crippen molar-refractivity contribution in [2.24, 2.45) is 10.7 Å². The minimum atomic E-state index is -0.133. The highest BCUT2D eigenvalue weighted by molar-refractivity contribution is 6.30. The largest absolute Gasteiger partial charge is 0.495 e. The van der Waals surface area contributed by atoms with Crippen LogP contribution in [0.25, 0.3) is 0 Å². The Balaban J connectivity index is 1.91. The topological polar surface area (TPSA) is 68.9 Å². The standard InChI is InChI=1S/C17H20ClN3O2/c1-12(23-14-7-5-6-13(18)10-14)11-20-17(19)21-15-8-3-4-9-16(15)22-2/h3-10,12H,11H2,1-2H3,(H3,19,20,21). The molecule has 5 nitrogen and oxygen atoms in total. The maximum Gasteiger partial charge on any atom is 0.193 e. The SMILES string of the molecule is COc1ccccc1NC(N)=NCC(C)Oc1cccc(Cl)c1. The van der Waals surface area contributed by atoms with E-state index in [9.17, 15) is 0 Å². The Hall–Kier alpha value is -2.40. The van der Waals surface area contributed by atoms with E-state index in [0.29, 0.717) is 29.0 Å². The van der Waals surface area contributed by atoms with Gasteiger partial charge < -0.3 is 20.5 Å². The van der Waals surface area contributed by atoms with Crippen LogP contribution in [0.1, 0.15) is 6.92 Å². The van der Waals surface area contributed by atoms with Crippen LogP contribution in [0, 0.1) is 0 Å². The fourth-order valence-corrected chi connectivity index (χ4v) is 2.14.